The molecule has 154 valence electrons. The normalized spacial score (nSPS) is 32.2. The minimum absolute atomic E-state index is 0.0369. The van der Waals surface area contributed by atoms with Gasteiger partial charge in [0.15, 0.2) is 0 Å². The van der Waals surface area contributed by atoms with Crippen LogP contribution < -0.4 is 10.6 Å². The third kappa shape index (κ3) is 4.53. The summed E-state index contributed by atoms with van der Waals surface area (Å²) < 4.78 is 0. The predicted molar refractivity (Wildman–Crippen MR) is 118 cm³/mol. The zero-order chi connectivity index (χ0) is 20.1. The maximum absolute atomic E-state index is 11.1. The van der Waals surface area contributed by atoms with Crippen molar-refractivity contribution in [3.63, 3.8) is 0 Å². The summed E-state index contributed by atoms with van der Waals surface area (Å²) >= 11 is 0. The second-order valence-electron chi connectivity index (χ2n) is 9.21. The lowest BCUT2D eigenvalue weighted by Gasteiger charge is -2.45. The molecule has 2 rings (SSSR count). The van der Waals surface area contributed by atoms with Gasteiger partial charge in [-0.3, -0.25) is 0 Å². The lowest BCUT2D eigenvalue weighted by Crippen LogP contribution is -2.45. The van der Waals surface area contributed by atoms with E-state index in [1.165, 1.54) is 36.3 Å². The molecular weight excluding hydrogens is 330 g/mol. The standard InChI is InChI=1S/C25H43NO/c1-7-11-12-23-20(16-18-26-23)14-13-19(8-2)21(9-3)22-15-17-25(6,27)24(22,5)10-4/h12,14,16,18-19,21-22,26-27H,7-11,13,15,17H2,1-6H3/b20-14-,23-12+/t19?,21?,22?,24-,25-/m0/s1. The third-order valence-electron chi connectivity index (χ3n) is 7.93. The van der Waals surface area contributed by atoms with Crippen LogP contribution in [-0.2, 0) is 0 Å². The minimum atomic E-state index is -0.523. The molecule has 1 fully saturated rings. The van der Waals surface area contributed by atoms with Gasteiger partial charge in [-0.05, 0) is 73.5 Å². The molecule has 0 spiro atoms. The first-order valence-corrected chi connectivity index (χ1v) is 11.4. The molecule has 0 aromatic carbocycles. The van der Waals surface area contributed by atoms with E-state index in [2.05, 4.69) is 70.9 Å². The Kier molecular flexibility index (Phi) is 7.80. The summed E-state index contributed by atoms with van der Waals surface area (Å²) in [6.07, 6.45) is 15.9. The molecule has 1 aliphatic carbocycles. The summed E-state index contributed by atoms with van der Waals surface area (Å²) in [6.45, 7) is 13.6. The van der Waals surface area contributed by atoms with E-state index in [4.69, 9.17) is 0 Å². The number of nitrogens with one attached hydrogen (secondary N) is 1. The molecule has 1 saturated carbocycles. The van der Waals surface area contributed by atoms with Gasteiger partial charge in [0.25, 0.3) is 0 Å². The van der Waals surface area contributed by atoms with Crippen molar-refractivity contribution in [2.24, 2.45) is 23.2 Å². The van der Waals surface area contributed by atoms with Crippen molar-refractivity contribution < 1.29 is 5.11 Å². The number of unbranched alkanes of at least 4 members (excludes halogenated alkanes) is 1. The molecule has 2 heteroatoms. The number of hydrogen-bond donors (Lipinski definition) is 2. The van der Waals surface area contributed by atoms with Gasteiger partial charge < -0.3 is 10.1 Å². The van der Waals surface area contributed by atoms with Crippen LogP contribution in [0.25, 0.3) is 12.2 Å². The van der Waals surface area contributed by atoms with Crippen LogP contribution in [0.4, 0.5) is 0 Å². The Hall–Kier alpha value is -1.02. The molecule has 0 aliphatic heterocycles. The zero-order valence-corrected chi connectivity index (χ0v) is 18.6. The molecule has 27 heavy (non-hydrogen) atoms. The van der Waals surface area contributed by atoms with Gasteiger partial charge in [-0.15, -0.1) is 0 Å². The van der Waals surface area contributed by atoms with Crippen molar-refractivity contribution in [3.8, 4) is 0 Å². The Balaban J connectivity index is 2.25. The van der Waals surface area contributed by atoms with Crippen molar-refractivity contribution in [2.45, 2.75) is 98.5 Å². The molecule has 3 unspecified atom stereocenters. The van der Waals surface area contributed by atoms with Gasteiger partial charge in [-0.1, -0.05) is 66.0 Å². The number of aliphatic hydroxyl groups is 1. The SMILES string of the molecule is CCC/C=c1/[nH]cc/c1=C/CC(CC)C(CC)C1CC[C@](C)(O)[C@@]1(C)CC. The molecule has 1 heterocycles. The van der Waals surface area contributed by atoms with E-state index in [-0.39, 0.29) is 5.41 Å². The molecule has 5 atom stereocenters. The van der Waals surface area contributed by atoms with Crippen molar-refractivity contribution in [3.05, 3.63) is 22.8 Å². The van der Waals surface area contributed by atoms with E-state index in [1.54, 1.807) is 0 Å². The zero-order valence-electron chi connectivity index (χ0n) is 18.6. The van der Waals surface area contributed by atoms with Crippen molar-refractivity contribution in [1.82, 2.24) is 4.98 Å². The Morgan fingerprint density at radius 3 is 2.52 bits per heavy atom. The van der Waals surface area contributed by atoms with E-state index in [0.29, 0.717) is 17.8 Å². The Bertz CT molecular complexity index is 685. The average Bonchev–Trinajstić information content (AvgIpc) is 3.20. The Morgan fingerprint density at radius 1 is 1.19 bits per heavy atom. The molecule has 0 radical (unpaired) electrons. The van der Waals surface area contributed by atoms with Crippen molar-refractivity contribution >= 4 is 12.2 Å². The van der Waals surface area contributed by atoms with Crippen LogP contribution in [0.1, 0.15) is 92.9 Å². The van der Waals surface area contributed by atoms with Crippen LogP contribution in [0.5, 0.6) is 0 Å². The number of aromatic nitrogens is 1. The number of aromatic amines is 1. The topological polar surface area (TPSA) is 36.0 Å². The predicted octanol–water partition coefficient (Wildman–Crippen LogP) is 5.40. The number of hydrogen-bond acceptors (Lipinski definition) is 1. The highest BCUT2D eigenvalue weighted by molar-refractivity contribution is 5.29. The molecule has 0 saturated heterocycles. The van der Waals surface area contributed by atoms with Gasteiger partial charge in [0, 0.05) is 11.5 Å². The van der Waals surface area contributed by atoms with Crippen LogP contribution in [-0.4, -0.2) is 15.7 Å². The summed E-state index contributed by atoms with van der Waals surface area (Å²) in [6, 6.07) is 2.21. The van der Waals surface area contributed by atoms with Gasteiger partial charge >= 0.3 is 0 Å². The van der Waals surface area contributed by atoms with Crippen LogP contribution in [0.2, 0.25) is 0 Å². The minimum Gasteiger partial charge on any atom is -0.390 e. The highest BCUT2D eigenvalue weighted by Gasteiger charge is 2.54. The fourth-order valence-corrected chi connectivity index (χ4v) is 5.68. The van der Waals surface area contributed by atoms with Crippen LogP contribution in [0.15, 0.2) is 12.3 Å². The van der Waals surface area contributed by atoms with E-state index in [1.807, 2.05) is 0 Å². The molecule has 1 aliphatic rings. The van der Waals surface area contributed by atoms with Crippen LogP contribution in [0.3, 0.4) is 0 Å². The fraction of sp³-hybridized carbons (Fsp3) is 0.760. The average molecular weight is 374 g/mol. The molecule has 0 amide bonds. The second kappa shape index (κ2) is 9.45. The van der Waals surface area contributed by atoms with Crippen molar-refractivity contribution in [1.29, 1.82) is 0 Å². The summed E-state index contributed by atoms with van der Waals surface area (Å²) in [5.41, 5.74) is -0.486. The van der Waals surface area contributed by atoms with Crippen LogP contribution in [0, 0.1) is 23.2 Å². The third-order valence-corrected chi connectivity index (χ3v) is 7.93. The first kappa shape index (κ1) is 22.3. The smallest absolute Gasteiger partial charge is 0.0675 e. The van der Waals surface area contributed by atoms with E-state index >= 15 is 0 Å². The van der Waals surface area contributed by atoms with Crippen molar-refractivity contribution in [2.75, 3.05) is 0 Å². The van der Waals surface area contributed by atoms with Gasteiger partial charge in [0.2, 0.25) is 0 Å². The van der Waals surface area contributed by atoms with Gasteiger partial charge in [0.05, 0.1) is 5.60 Å². The monoisotopic (exact) mass is 373 g/mol. The van der Waals surface area contributed by atoms with E-state index < -0.39 is 5.60 Å². The summed E-state index contributed by atoms with van der Waals surface area (Å²) in [5.74, 6) is 2.00. The highest BCUT2D eigenvalue weighted by Crippen LogP contribution is 2.57. The molecule has 1 aromatic heterocycles. The lowest BCUT2D eigenvalue weighted by atomic mass is 9.62. The first-order valence-electron chi connectivity index (χ1n) is 11.4. The van der Waals surface area contributed by atoms with E-state index in [0.717, 1.165) is 25.7 Å². The maximum atomic E-state index is 11.1. The quantitative estimate of drug-likeness (QED) is 0.598. The fourth-order valence-electron chi connectivity index (χ4n) is 5.68. The van der Waals surface area contributed by atoms with Crippen LogP contribution >= 0.6 is 0 Å². The van der Waals surface area contributed by atoms with Gasteiger partial charge in [-0.2, -0.15) is 0 Å². The van der Waals surface area contributed by atoms with Gasteiger partial charge in [0.1, 0.15) is 0 Å². The van der Waals surface area contributed by atoms with E-state index in [9.17, 15) is 5.11 Å². The molecule has 2 nitrogen and oxygen atoms in total. The second-order valence-corrected chi connectivity index (χ2v) is 9.21. The molecule has 1 aromatic rings. The maximum Gasteiger partial charge on any atom is 0.0675 e. The Labute approximate surface area is 167 Å². The highest BCUT2D eigenvalue weighted by atomic mass is 16.3. The molecular formula is C25H43NO. The summed E-state index contributed by atoms with van der Waals surface area (Å²) in [4.78, 5) is 3.39. The largest absolute Gasteiger partial charge is 0.390 e. The lowest BCUT2D eigenvalue weighted by molar-refractivity contribution is -0.0716. The van der Waals surface area contributed by atoms with Gasteiger partial charge in [-0.25, -0.2) is 0 Å². The number of H-pyrrole nitrogens is 1. The Morgan fingerprint density at radius 2 is 1.93 bits per heavy atom. The first-order chi connectivity index (χ1) is 12.8. The summed E-state index contributed by atoms with van der Waals surface area (Å²) in [7, 11) is 0. The number of rotatable bonds is 9. The summed E-state index contributed by atoms with van der Waals surface area (Å²) in [5, 5.41) is 13.7. The molecule has 2 N–H and O–H groups in total. The molecule has 0 bridgehead atoms.